The van der Waals surface area contributed by atoms with Crippen molar-refractivity contribution in [3.05, 3.63) is 0 Å². The van der Waals surface area contributed by atoms with Crippen molar-refractivity contribution in [1.29, 1.82) is 0 Å². The molecule has 0 aliphatic heterocycles. The summed E-state index contributed by atoms with van der Waals surface area (Å²) in [6, 6.07) is 0. The Bertz CT molecular complexity index is 117. The molecule has 0 saturated heterocycles. The molecule has 0 fully saturated rings. The van der Waals surface area contributed by atoms with Crippen LogP contribution in [0.2, 0.25) is 0 Å². The Hall–Kier alpha value is -0.640. The van der Waals surface area contributed by atoms with Gasteiger partial charge in [0.05, 0.1) is 19.7 Å². The second-order valence-electron chi connectivity index (χ2n) is 2.21. The lowest BCUT2D eigenvalue weighted by Crippen LogP contribution is -2.08. The van der Waals surface area contributed by atoms with E-state index in [1.54, 1.807) is 0 Å². The molecule has 0 rings (SSSR count). The van der Waals surface area contributed by atoms with E-state index in [0.717, 1.165) is 0 Å². The van der Waals surface area contributed by atoms with Crippen LogP contribution in [0.25, 0.3) is 0 Å². The summed E-state index contributed by atoms with van der Waals surface area (Å²) in [5, 5.41) is 0. The quantitative estimate of drug-likeness (QED) is 0.435. The fourth-order valence-corrected chi connectivity index (χ4v) is 0.641. The van der Waals surface area contributed by atoms with Gasteiger partial charge in [-0.25, -0.2) is 0 Å². The van der Waals surface area contributed by atoms with Crippen LogP contribution < -0.4 is 0 Å². The monoisotopic (exact) mass is 178 g/mol. The Kier molecular flexibility index (Phi) is 8.01. The van der Waals surface area contributed by atoms with E-state index < -0.39 is 12.6 Å². The fourth-order valence-electron chi connectivity index (χ4n) is 0.641. The van der Waals surface area contributed by atoms with E-state index >= 15 is 0 Å². The van der Waals surface area contributed by atoms with E-state index in [2.05, 4.69) is 4.74 Å². The predicted octanol–water partition coefficient (Wildman–Crippen LogP) is 1.32. The Balaban J connectivity index is 3.03. The van der Waals surface area contributed by atoms with Crippen molar-refractivity contribution in [3.63, 3.8) is 0 Å². The van der Waals surface area contributed by atoms with Crippen LogP contribution in [0.15, 0.2) is 0 Å². The number of ether oxygens (including phenoxy) is 2. The number of hydrogen-bond acceptors (Lipinski definition) is 3. The van der Waals surface area contributed by atoms with Crippen molar-refractivity contribution in [3.8, 4) is 0 Å². The molecule has 0 aromatic carbocycles. The molecule has 0 heterocycles. The van der Waals surface area contributed by atoms with Crippen molar-refractivity contribution in [2.24, 2.45) is 0 Å². The van der Waals surface area contributed by atoms with Crippen LogP contribution in [0, 0.1) is 0 Å². The third-order valence-corrected chi connectivity index (χ3v) is 1.20. The minimum Gasteiger partial charge on any atom is -0.466 e. The van der Waals surface area contributed by atoms with Gasteiger partial charge in [-0.3, -0.25) is 9.18 Å². The van der Waals surface area contributed by atoms with E-state index in [-0.39, 0.29) is 6.42 Å². The van der Waals surface area contributed by atoms with Crippen LogP contribution in [0.4, 0.5) is 4.39 Å². The summed E-state index contributed by atoms with van der Waals surface area (Å²) >= 11 is 0. The number of rotatable bonds is 7. The van der Waals surface area contributed by atoms with Gasteiger partial charge >= 0.3 is 5.97 Å². The number of carbonyl (C=O) groups excluding carboxylic acids is 1. The van der Waals surface area contributed by atoms with Gasteiger partial charge in [-0.1, -0.05) is 0 Å². The minimum absolute atomic E-state index is 0.144. The average Bonchev–Trinajstić information content (AvgIpc) is 2.05. The molecule has 0 saturated carbocycles. The maximum Gasteiger partial charge on any atom is 0.308 e. The molecule has 0 unspecified atom stereocenters. The third kappa shape index (κ3) is 7.47. The number of halogens is 1. The van der Waals surface area contributed by atoms with Gasteiger partial charge in [0.1, 0.15) is 0 Å². The molecular formula is C8H15FO3. The molecule has 72 valence electrons. The van der Waals surface area contributed by atoms with E-state index in [0.29, 0.717) is 26.2 Å². The maximum absolute atomic E-state index is 11.5. The molecule has 0 radical (unpaired) electrons. The molecule has 0 spiro atoms. The summed E-state index contributed by atoms with van der Waals surface area (Å²) in [5.74, 6) is -0.478. The smallest absolute Gasteiger partial charge is 0.308 e. The van der Waals surface area contributed by atoms with Crippen molar-refractivity contribution in [2.75, 3.05) is 26.5 Å². The predicted molar refractivity (Wildman–Crippen MR) is 42.7 cm³/mol. The van der Waals surface area contributed by atoms with Gasteiger partial charge in [0.25, 0.3) is 0 Å². The van der Waals surface area contributed by atoms with Gasteiger partial charge in [0.2, 0.25) is 0 Å². The standard InChI is InChI=1S/C8H15FO3/c1-2-11-6-3-7-12-8(10)4-5-9/h2-7H2,1H3. The molecule has 0 bridgehead atoms. The summed E-state index contributed by atoms with van der Waals surface area (Å²) in [6.07, 6.45) is 0.528. The normalized spacial score (nSPS) is 9.83. The number of alkyl halides is 1. The second-order valence-corrected chi connectivity index (χ2v) is 2.21. The lowest BCUT2D eigenvalue weighted by Gasteiger charge is -2.02. The second kappa shape index (κ2) is 8.46. The van der Waals surface area contributed by atoms with Crippen LogP contribution in [-0.4, -0.2) is 32.5 Å². The van der Waals surface area contributed by atoms with Crippen LogP contribution in [0.3, 0.4) is 0 Å². The van der Waals surface area contributed by atoms with Crippen LogP contribution in [0.1, 0.15) is 19.8 Å². The van der Waals surface area contributed by atoms with Crippen LogP contribution in [-0.2, 0) is 14.3 Å². The Morgan fingerprint density at radius 1 is 1.42 bits per heavy atom. The fraction of sp³-hybridized carbons (Fsp3) is 0.875. The highest BCUT2D eigenvalue weighted by Crippen LogP contribution is 1.90. The third-order valence-electron chi connectivity index (χ3n) is 1.20. The summed E-state index contributed by atoms with van der Waals surface area (Å²) in [4.78, 5) is 10.6. The van der Waals surface area contributed by atoms with Gasteiger partial charge in [-0.15, -0.1) is 0 Å². The first-order chi connectivity index (χ1) is 5.81. The van der Waals surface area contributed by atoms with E-state index in [4.69, 9.17) is 4.74 Å². The lowest BCUT2D eigenvalue weighted by molar-refractivity contribution is -0.144. The lowest BCUT2D eigenvalue weighted by atomic mass is 10.4. The average molecular weight is 178 g/mol. The zero-order chi connectivity index (χ0) is 9.23. The molecule has 0 atom stereocenters. The van der Waals surface area contributed by atoms with E-state index in [1.807, 2.05) is 6.92 Å². The first-order valence-corrected chi connectivity index (χ1v) is 4.10. The molecule has 0 N–H and O–H groups in total. The molecule has 0 aromatic heterocycles. The van der Waals surface area contributed by atoms with Gasteiger partial charge in [0, 0.05) is 19.6 Å². The van der Waals surface area contributed by atoms with Crippen LogP contribution >= 0.6 is 0 Å². The van der Waals surface area contributed by atoms with Gasteiger partial charge in [-0.05, 0) is 6.92 Å². The summed E-state index contributed by atoms with van der Waals surface area (Å²) < 4.78 is 21.2. The van der Waals surface area contributed by atoms with E-state index in [9.17, 15) is 9.18 Å². The highest BCUT2D eigenvalue weighted by Gasteiger charge is 2.00. The molecule has 0 aliphatic carbocycles. The molecular weight excluding hydrogens is 163 g/mol. The maximum atomic E-state index is 11.5. The first kappa shape index (κ1) is 11.4. The van der Waals surface area contributed by atoms with Gasteiger partial charge in [-0.2, -0.15) is 0 Å². The summed E-state index contributed by atoms with van der Waals surface area (Å²) in [7, 11) is 0. The van der Waals surface area contributed by atoms with Gasteiger partial charge < -0.3 is 9.47 Å². The first-order valence-electron chi connectivity index (χ1n) is 4.10. The topological polar surface area (TPSA) is 35.5 Å². The van der Waals surface area contributed by atoms with Crippen molar-refractivity contribution in [2.45, 2.75) is 19.8 Å². The van der Waals surface area contributed by atoms with E-state index in [1.165, 1.54) is 0 Å². The Morgan fingerprint density at radius 2 is 2.17 bits per heavy atom. The molecule has 3 nitrogen and oxygen atoms in total. The zero-order valence-corrected chi connectivity index (χ0v) is 7.35. The number of hydrogen-bond donors (Lipinski definition) is 0. The zero-order valence-electron chi connectivity index (χ0n) is 7.35. The molecule has 0 aromatic rings. The van der Waals surface area contributed by atoms with Crippen molar-refractivity contribution >= 4 is 5.97 Å². The van der Waals surface area contributed by atoms with Crippen molar-refractivity contribution in [1.82, 2.24) is 0 Å². The SMILES string of the molecule is CCOCCCOC(=O)CCF. The highest BCUT2D eigenvalue weighted by atomic mass is 19.1. The summed E-state index contributed by atoms with van der Waals surface area (Å²) in [6.45, 7) is 2.82. The molecule has 0 aliphatic rings. The minimum atomic E-state index is -0.649. The molecule has 12 heavy (non-hydrogen) atoms. The Morgan fingerprint density at radius 3 is 2.75 bits per heavy atom. The largest absolute Gasteiger partial charge is 0.466 e. The Labute approximate surface area is 71.8 Å². The van der Waals surface area contributed by atoms with Crippen LogP contribution in [0.5, 0.6) is 0 Å². The summed E-state index contributed by atoms with van der Waals surface area (Å²) in [5.41, 5.74) is 0. The number of esters is 1. The molecule has 0 amide bonds. The number of carbonyl (C=O) groups is 1. The van der Waals surface area contributed by atoms with Crippen molar-refractivity contribution < 1.29 is 18.7 Å². The highest BCUT2D eigenvalue weighted by molar-refractivity contribution is 5.69. The van der Waals surface area contributed by atoms with Gasteiger partial charge in [0.15, 0.2) is 0 Å². The molecule has 4 heteroatoms.